The highest BCUT2D eigenvalue weighted by atomic mass is 15.0. The number of aromatic nitrogens is 2. The van der Waals surface area contributed by atoms with Gasteiger partial charge in [-0.1, -0.05) is 20.8 Å². The van der Waals surface area contributed by atoms with Gasteiger partial charge in [0.2, 0.25) is 0 Å². The number of hydrogen-bond acceptors (Lipinski definition) is 3. The van der Waals surface area contributed by atoms with Gasteiger partial charge in [-0.3, -0.25) is 0 Å². The zero-order chi connectivity index (χ0) is 11.5. The molecule has 0 fully saturated rings. The minimum Gasteiger partial charge on any atom is -0.369 e. The maximum atomic E-state index is 4.36. The minimum atomic E-state index is 0.673. The van der Waals surface area contributed by atoms with Crippen molar-refractivity contribution in [1.82, 2.24) is 9.97 Å². The molecular weight excluding hydrogens is 198 g/mol. The van der Waals surface area contributed by atoms with Gasteiger partial charge >= 0.3 is 0 Å². The van der Waals surface area contributed by atoms with Crippen LogP contribution in [0.3, 0.4) is 0 Å². The summed E-state index contributed by atoms with van der Waals surface area (Å²) < 4.78 is 0. The van der Waals surface area contributed by atoms with E-state index >= 15 is 0 Å². The molecule has 1 unspecified atom stereocenters. The summed E-state index contributed by atoms with van der Waals surface area (Å²) >= 11 is 0. The van der Waals surface area contributed by atoms with Crippen LogP contribution in [0.4, 0.5) is 5.82 Å². The first-order chi connectivity index (χ1) is 7.68. The van der Waals surface area contributed by atoms with E-state index in [0.29, 0.717) is 11.8 Å². The van der Waals surface area contributed by atoms with Gasteiger partial charge in [0, 0.05) is 17.8 Å². The molecule has 0 bridgehead atoms. The fourth-order valence-electron chi connectivity index (χ4n) is 2.01. The molecule has 0 aliphatic heterocycles. The first kappa shape index (κ1) is 11.4. The van der Waals surface area contributed by atoms with Crippen LogP contribution in [0.25, 0.3) is 0 Å². The molecule has 0 amide bonds. The van der Waals surface area contributed by atoms with Gasteiger partial charge in [0.15, 0.2) is 0 Å². The van der Waals surface area contributed by atoms with E-state index in [-0.39, 0.29) is 0 Å². The van der Waals surface area contributed by atoms with Crippen molar-refractivity contribution in [2.24, 2.45) is 11.8 Å². The van der Waals surface area contributed by atoms with Gasteiger partial charge in [-0.05, 0) is 31.1 Å². The summed E-state index contributed by atoms with van der Waals surface area (Å²) in [5.41, 5.74) is 2.59. The second-order valence-corrected chi connectivity index (χ2v) is 5.10. The molecule has 1 aromatic heterocycles. The Labute approximate surface area is 97.7 Å². The molecule has 0 saturated heterocycles. The Bertz CT molecular complexity index is 360. The minimum absolute atomic E-state index is 0.673. The van der Waals surface area contributed by atoms with Crippen molar-refractivity contribution in [1.29, 1.82) is 0 Å². The standard InChI is InChI=1S/C13H21N3/c1-9(2)10(3)7-14-13-11-5-4-6-12(11)15-8-16-13/h8-10H,4-7H2,1-3H3,(H,14,15,16). The van der Waals surface area contributed by atoms with Gasteiger partial charge in [0.05, 0.1) is 0 Å². The maximum Gasteiger partial charge on any atom is 0.132 e. The van der Waals surface area contributed by atoms with Gasteiger partial charge < -0.3 is 5.32 Å². The smallest absolute Gasteiger partial charge is 0.132 e. The number of hydrogen-bond donors (Lipinski definition) is 1. The molecule has 1 atom stereocenters. The van der Waals surface area contributed by atoms with Crippen molar-refractivity contribution in [2.45, 2.75) is 40.0 Å². The highest BCUT2D eigenvalue weighted by molar-refractivity contribution is 5.47. The lowest BCUT2D eigenvalue weighted by Gasteiger charge is -2.17. The van der Waals surface area contributed by atoms with Crippen LogP contribution in [0, 0.1) is 11.8 Å². The zero-order valence-corrected chi connectivity index (χ0v) is 10.5. The Kier molecular flexibility index (Phi) is 3.42. The molecule has 1 aliphatic carbocycles. The van der Waals surface area contributed by atoms with E-state index in [1.165, 1.54) is 17.7 Å². The van der Waals surface area contributed by atoms with E-state index in [2.05, 4.69) is 36.1 Å². The van der Waals surface area contributed by atoms with E-state index in [1.807, 2.05) is 0 Å². The fraction of sp³-hybridized carbons (Fsp3) is 0.692. The number of aryl methyl sites for hydroxylation is 1. The molecule has 1 aliphatic rings. The second-order valence-electron chi connectivity index (χ2n) is 5.10. The SMILES string of the molecule is CC(C)C(C)CNc1ncnc2c1CCC2. The Morgan fingerprint density at radius 1 is 1.25 bits per heavy atom. The molecule has 2 rings (SSSR count). The molecule has 1 heterocycles. The molecule has 0 aromatic carbocycles. The van der Waals surface area contributed by atoms with Crippen LogP contribution < -0.4 is 5.32 Å². The molecule has 1 N–H and O–H groups in total. The van der Waals surface area contributed by atoms with Crippen molar-refractivity contribution in [3.8, 4) is 0 Å². The van der Waals surface area contributed by atoms with Crippen molar-refractivity contribution in [3.05, 3.63) is 17.6 Å². The maximum absolute atomic E-state index is 4.36. The molecular formula is C13H21N3. The largest absolute Gasteiger partial charge is 0.369 e. The monoisotopic (exact) mass is 219 g/mol. The second kappa shape index (κ2) is 4.81. The third-order valence-electron chi connectivity index (χ3n) is 3.60. The first-order valence-corrected chi connectivity index (χ1v) is 6.25. The predicted octanol–water partition coefficient (Wildman–Crippen LogP) is 2.67. The average molecular weight is 219 g/mol. The van der Waals surface area contributed by atoms with Gasteiger partial charge in [-0.2, -0.15) is 0 Å². The Hall–Kier alpha value is -1.12. The van der Waals surface area contributed by atoms with Crippen molar-refractivity contribution in [3.63, 3.8) is 0 Å². The van der Waals surface area contributed by atoms with E-state index in [4.69, 9.17) is 0 Å². The summed E-state index contributed by atoms with van der Waals surface area (Å²) in [6, 6.07) is 0. The van der Waals surface area contributed by atoms with Crippen LogP contribution in [0.1, 0.15) is 38.4 Å². The van der Waals surface area contributed by atoms with Crippen LogP contribution in [0.2, 0.25) is 0 Å². The first-order valence-electron chi connectivity index (χ1n) is 6.25. The Morgan fingerprint density at radius 3 is 2.81 bits per heavy atom. The van der Waals surface area contributed by atoms with Gasteiger partial charge in [0.1, 0.15) is 12.1 Å². The summed E-state index contributed by atoms with van der Waals surface area (Å²) in [5, 5.41) is 3.48. The summed E-state index contributed by atoms with van der Waals surface area (Å²) in [6.07, 6.45) is 5.16. The number of fused-ring (bicyclic) bond motifs is 1. The zero-order valence-electron chi connectivity index (χ0n) is 10.5. The number of rotatable bonds is 4. The summed E-state index contributed by atoms with van der Waals surface area (Å²) in [6.45, 7) is 7.80. The summed E-state index contributed by atoms with van der Waals surface area (Å²) in [7, 11) is 0. The van der Waals surface area contributed by atoms with Crippen LogP contribution in [-0.4, -0.2) is 16.5 Å². The molecule has 0 radical (unpaired) electrons. The van der Waals surface area contributed by atoms with Crippen molar-refractivity contribution in [2.75, 3.05) is 11.9 Å². The Morgan fingerprint density at radius 2 is 2.06 bits per heavy atom. The molecule has 1 aromatic rings. The lowest BCUT2D eigenvalue weighted by Crippen LogP contribution is -2.17. The van der Waals surface area contributed by atoms with E-state index < -0.39 is 0 Å². The van der Waals surface area contributed by atoms with Crippen LogP contribution in [-0.2, 0) is 12.8 Å². The normalized spacial score (nSPS) is 16.2. The molecule has 16 heavy (non-hydrogen) atoms. The average Bonchev–Trinajstić information content (AvgIpc) is 2.73. The molecule has 0 saturated carbocycles. The third-order valence-corrected chi connectivity index (χ3v) is 3.60. The highest BCUT2D eigenvalue weighted by Crippen LogP contribution is 2.25. The van der Waals surface area contributed by atoms with Crippen molar-refractivity contribution >= 4 is 5.82 Å². The molecule has 88 valence electrons. The van der Waals surface area contributed by atoms with Crippen molar-refractivity contribution < 1.29 is 0 Å². The van der Waals surface area contributed by atoms with Gasteiger partial charge in [-0.25, -0.2) is 9.97 Å². The van der Waals surface area contributed by atoms with Crippen LogP contribution >= 0.6 is 0 Å². The lowest BCUT2D eigenvalue weighted by molar-refractivity contribution is 0.439. The molecule has 3 heteroatoms. The third kappa shape index (κ3) is 2.34. The van der Waals surface area contributed by atoms with Gasteiger partial charge in [-0.15, -0.1) is 0 Å². The van der Waals surface area contributed by atoms with E-state index in [0.717, 1.165) is 25.2 Å². The topological polar surface area (TPSA) is 37.8 Å². The quantitative estimate of drug-likeness (QED) is 0.846. The van der Waals surface area contributed by atoms with Crippen LogP contribution in [0.15, 0.2) is 6.33 Å². The number of nitrogens with zero attached hydrogens (tertiary/aromatic N) is 2. The number of nitrogens with one attached hydrogen (secondary N) is 1. The summed E-state index contributed by atoms with van der Waals surface area (Å²) in [5.74, 6) is 2.45. The number of anilines is 1. The fourth-order valence-corrected chi connectivity index (χ4v) is 2.01. The molecule has 0 spiro atoms. The molecule has 3 nitrogen and oxygen atoms in total. The Balaban J connectivity index is 2.03. The van der Waals surface area contributed by atoms with E-state index in [9.17, 15) is 0 Å². The highest BCUT2D eigenvalue weighted by Gasteiger charge is 2.17. The lowest BCUT2D eigenvalue weighted by atomic mass is 9.98. The van der Waals surface area contributed by atoms with Crippen LogP contribution in [0.5, 0.6) is 0 Å². The van der Waals surface area contributed by atoms with E-state index in [1.54, 1.807) is 6.33 Å². The summed E-state index contributed by atoms with van der Waals surface area (Å²) in [4.78, 5) is 8.69. The van der Waals surface area contributed by atoms with Gasteiger partial charge in [0.25, 0.3) is 0 Å². The predicted molar refractivity (Wildman–Crippen MR) is 66.5 cm³/mol.